The van der Waals surface area contributed by atoms with Crippen LogP contribution in [0.5, 0.6) is 0 Å². The number of aryl methyl sites for hydroxylation is 2. The fourth-order valence-electron chi connectivity index (χ4n) is 1.07. The molecule has 1 aromatic rings. The second-order valence-corrected chi connectivity index (χ2v) is 3.69. The van der Waals surface area contributed by atoms with E-state index in [9.17, 15) is 0 Å². The van der Waals surface area contributed by atoms with Gasteiger partial charge >= 0.3 is 0 Å². The fourth-order valence-corrected chi connectivity index (χ4v) is 1.07. The lowest BCUT2D eigenvalue weighted by molar-refractivity contribution is 0.372. The molecule has 0 fully saturated rings. The van der Waals surface area contributed by atoms with Crippen molar-refractivity contribution in [2.75, 3.05) is 0 Å². The van der Waals surface area contributed by atoms with Gasteiger partial charge in [-0.25, -0.2) is 0 Å². The van der Waals surface area contributed by atoms with Crippen LogP contribution in [0.1, 0.15) is 38.4 Å². The molecule has 76 valence electrons. The molecule has 0 aliphatic rings. The van der Waals surface area contributed by atoms with Gasteiger partial charge in [0.1, 0.15) is 0 Å². The molecular formula is C10H15N3O. The van der Waals surface area contributed by atoms with Crippen LogP contribution in [0.3, 0.4) is 0 Å². The van der Waals surface area contributed by atoms with Crippen LogP contribution in [0.4, 0.5) is 0 Å². The van der Waals surface area contributed by atoms with Gasteiger partial charge in [0.25, 0.3) is 0 Å². The third kappa shape index (κ3) is 3.56. The summed E-state index contributed by atoms with van der Waals surface area (Å²) in [6.07, 6.45) is 2.92. The molecule has 0 aliphatic carbocycles. The maximum absolute atomic E-state index is 8.37. The van der Waals surface area contributed by atoms with Gasteiger partial charge in [0, 0.05) is 19.3 Å². The van der Waals surface area contributed by atoms with E-state index in [0.717, 1.165) is 18.7 Å². The van der Waals surface area contributed by atoms with Crippen molar-refractivity contribution in [3.8, 4) is 6.07 Å². The summed E-state index contributed by atoms with van der Waals surface area (Å²) in [6, 6.07) is 2.05. The Kier molecular flexibility index (Phi) is 4.11. The quantitative estimate of drug-likeness (QED) is 0.718. The Morgan fingerprint density at radius 3 is 2.86 bits per heavy atom. The second kappa shape index (κ2) is 5.38. The molecule has 0 saturated heterocycles. The van der Waals surface area contributed by atoms with E-state index in [0.29, 0.717) is 24.7 Å². The monoisotopic (exact) mass is 193 g/mol. The molecule has 0 aliphatic heterocycles. The Labute approximate surface area is 83.9 Å². The molecule has 0 amide bonds. The number of nitrogens with zero attached hydrogens (tertiary/aromatic N) is 3. The molecule has 0 atom stereocenters. The minimum absolute atomic E-state index is 0.436. The largest absolute Gasteiger partial charge is 0.339 e. The minimum atomic E-state index is 0.436. The van der Waals surface area contributed by atoms with Crippen LogP contribution >= 0.6 is 0 Å². The van der Waals surface area contributed by atoms with E-state index in [1.54, 1.807) is 0 Å². The number of rotatable bonds is 5. The van der Waals surface area contributed by atoms with Gasteiger partial charge in [-0.15, -0.1) is 0 Å². The second-order valence-electron chi connectivity index (χ2n) is 3.69. The SMILES string of the molecule is CC(C)CCc1noc(CCC#N)n1. The zero-order valence-corrected chi connectivity index (χ0v) is 8.66. The van der Waals surface area contributed by atoms with Crippen LogP contribution in [0.2, 0.25) is 0 Å². The van der Waals surface area contributed by atoms with E-state index < -0.39 is 0 Å². The first-order valence-electron chi connectivity index (χ1n) is 4.90. The lowest BCUT2D eigenvalue weighted by Crippen LogP contribution is -1.94. The molecule has 0 aromatic carbocycles. The van der Waals surface area contributed by atoms with Crippen LogP contribution in [0.15, 0.2) is 4.52 Å². The molecule has 0 N–H and O–H groups in total. The van der Waals surface area contributed by atoms with Gasteiger partial charge in [0.05, 0.1) is 6.07 Å². The van der Waals surface area contributed by atoms with Crippen LogP contribution in [-0.4, -0.2) is 10.1 Å². The van der Waals surface area contributed by atoms with E-state index in [-0.39, 0.29) is 0 Å². The summed E-state index contributed by atoms with van der Waals surface area (Å²) >= 11 is 0. The predicted molar refractivity (Wildman–Crippen MR) is 51.4 cm³/mol. The average molecular weight is 193 g/mol. The molecule has 0 bridgehead atoms. The topological polar surface area (TPSA) is 62.7 Å². The normalized spacial score (nSPS) is 10.4. The molecule has 1 heterocycles. The highest BCUT2D eigenvalue weighted by Gasteiger charge is 2.06. The summed E-state index contributed by atoms with van der Waals surface area (Å²) in [4.78, 5) is 4.19. The van der Waals surface area contributed by atoms with Crippen molar-refractivity contribution in [2.45, 2.75) is 39.5 Å². The minimum Gasteiger partial charge on any atom is -0.339 e. The first-order valence-corrected chi connectivity index (χ1v) is 4.90. The smallest absolute Gasteiger partial charge is 0.227 e. The van der Waals surface area contributed by atoms with E-state index in [1.807, 2.05) is 6.07 Å². The van der Waals surface area contributed by atoms with Gasteiger partial charge < -0.3 is 4.52 Å². The standard InChI is InChI=1S/C10H15N3O/c1-8(2)5-6-9-12-10(14-13-9)4-3-7-11/h8H,3-6H2,1-2H3. The molecule has 1 aromatic heterocycles. The van der Waals surface area contributed by atoms with Gasteiger partial charge in [-0.1, -0.05) is 19.0 Å². The Morgan fingerprint density at radius 1 is 1.43 bits per heavy atom. The molecule has 0 saturated carbocycles. The van der Waals surface area contributed by atoms with Crippen molar-refractivity contribution < 1.29 is 4.52 Å². The summed E-state index contributed by atoms with van der Waals surface area (Å²) in [6.45, 7) is 4.33. The third-order valence-electron chi connectivity index (χ3n) is 1.91. The summed E-state index contributed by atoms with van der Waals surface area (Å²) in [7, 11) is 0. The van der Waals surface area contributed by atoms with Gasteiger partial charge in [-0.2, -0.15) is 10.2 Å². The summed E-state index contributed by atoms with van der Waals surface area (Å²) < 4.78 is 4.99. The first-order chi connectivity index (χ1) is 6.72. The molecule has 0 unspecified atom stereocenters. The Hall–Kier alpha value is -1.37. The van der Waals surface area contributed by atoms with Crippen LogP contribution in [-0.2, 0) is 12.8 Å². The Morgan fingerprint density at radius 2 is 2.21 bits per heavy atom. The third-order valence-corrected chi connectivity index (χ3v) is 1.91. The maximum atomic E-state index is 8.37. The van der Waals surface area contributed by atoms with Gasteiger partial charge in [0.2, 0.25) is 5.89 Å². The summed E-state index contributed by atoms with van der Waals surface area (Å²) in [5.74, 6) is 1.98. The van der Waals surface area contributed by atoms with Crippen LogP contribution in [0.25, 0.3) is 0 Å². The number of nitriles is 1. The van der Waals surface area contributed by atoms with Crippen molar-refractivity contribution in [1.29, 1.82) is 5.26 Å². The zero-order valence-electron chi connectivity index (χ0n) is 8.66. The lowest BCUT2D eigenvalue weighted by Gasteiger charge is -1.98. The van der Waals surface area contributed by atoms with Crippen molar-refractivity contribution in [2.24, 2.45) is 5.92 Å². The van der Waals surface area contributed by atoms with Crippen molar-refractivity contribution in [1.82, 2.24) is 10.1 Å². The van der Waals surface area contributed by atoms with Crippen molar-refractivity contribution >= 4 is 0 Å². The molecule has 14 heavy (non-hydrogen) atoms. The van der Waals surface area contributed by atoms with E-state index in [1.165, 1.54) is 0 Å². The first kappa shape index (κ1) is 10.7. The molecule has 0 spiro atoms. The predicted octanol–water partition coefficient (Wildman–Crippen LogP) is 2.11. The van der Waals surface area contributed by atoms with E-state index in [2.05, 4.69) is 24.0 Å². The number of hydrogen-bond donors (Lipinski definition) is 0. The van der Waals surface area contributed by atoms with Crippen molar-refractivity contribution in [3.05, 3.63) is 11.7 Å². The Bertz CT molecular complexity index is 311. The zero-order chi connectivity index (χ0) is 10.4. The summed E-state index contributed by atoms with van der Waals surface area (Å²) in [5, 5.41) is 12.2. The molecular weight excluding hydrogens is 178 g/mol. The summed E-state index contributed by atoms with van der Waals surface area (Å²) in [5.41, 5.74) is 0. The maximum Gasteiger partial charge on any atom is 0.227 e. The molecule has 4 nitrogen and oxygen atoms in total. The van der Waals surface area contributed by atoms with E-state index >= 15 is 0 Å². The van der Waals surface area contributed by atoms with Gasteiger partial charge in [-0.3, -0.25) is 0 Å². The highest BCUT2D eigenvalue weighted by Crippen LogP contribution is 2.07. The molecule has 0 radical (unpaired) electrons. The van der Waals surface area contributed by atoms with Gasteiger partial charge in [0.15, 0.2) is 5.82 Å². The molecule has 4 heteroatoms. The Balaban J connectivity index is 2.39. The fraction of sp³-hybridized carbons (Fsp3) is 0.700. The average Bonchev–Trinajstić information content (AvgIpc) is 2.59. The van der Waals surface area contributed by atoms with Gasteiger partial charge in [-0.05, 0) is 12.3 Å². The molecule has 1 rings (SSSR count). The van der Waals surface area contributed by atoms with Crippen LogP contribution < -0.4 is 0 Å². The van der Waals surface area contributed by atoms with Crippen LogP contribution in [0, 0.1) is 17.2 Å². The van der Waals surface area contributed by atoms with Crippen molar-refractivity contribution in [3.63, 3.8) is 0 Å². The highest BCUT2D eigenvalue weighted by molar-refractivity contribution is 4.89. The number of aromatic nitrogens is 2. The lowest BCUT2D eigenvalue weighted by atomic mass is 10.1. The number of hydrogen-bond acceptors (Lipinski definition) is 4. The highest BCUT2D eigenvalue weighted by atomic mass is 16.5. The van der Waals surface area contributed by atoms with E-state index in [4.69, 9.17) is 9.78 Å².